The maximum absolute atomic E-state index is 12.8. The van der Waals surface area contributed by atoms with Crippen molar-refractivity contribution in [1.29, 1.82) is 0 Å². The van der Waals surface area contributed by atoms with Gasteiger partial charge < -0.3 is 0 Å². The smallest absolute Gasteiger partial charge is 0.275 e. The second-order valence-electron chi connectivity index (χ2n) is 7.18. The Morgan fingerprint density at radius 1 is 1.07 bits per heavy atom. The molecule has 3 aromatic rings. The standard InChI is InChI=1S/C20H23N5O3S/c1-23-20(26)25(19(22-23)14-16-6-3-2-4-7-16)17-9-12-24(13-10-17)29(27,28)18-8-5-11-21-15-18/h2-8,11,15,17H,9-10,12-14H2,1H3. The van der Waals surface area contributed by atoms with Crippen LogP contribution in [0, 0.1) is 0 Å². The Labute approximate surface area is 169 Å². The first-order valence-electron chi connectivity index (χ1n) is 9.55. The average molecular weight is 414 g/mol. The molecule has 3 heterocycles. The Hall–Kier alpha value is -2.78. The zero-order valence-electron chi connectivity index (χ0n) is 16.2. The van der Waals surface area contributed by atoms with Crippen LogP contribution in [0.5, 0.6) is 0 Å². The summed E-state index contributed by atoms with van der Waals surface area (Å²) in [7, 11) is -1.92. The molecule has 4 rings (SSSR count). The van der Waals surface area contributed by atoms with E-state index < -0.39 is 10.0 Å². The largest absolute Gasteiger partial charge is 0.345 e. The van der Waals surface area contributed by atoms with E-state index in [1.54, 1.807) is 29.9 Å². The molecule has 8 nitrogen and oxygen atoms in total. The molecule has 0 spiro atoms. The fraction of sp³-hybridized carbons (Fsp3) is 0.350. The minimum Gasteiger partial charge on any atom is -0.275 e. The van der Waals surface area contributed by atoms with Crippen molar-refractivity contribution in [3.05, 3.63) is 76.7 Å². The van der Waals surface area contributed by atoms with Gasteiger partial charge in [-0.05, 0) is 30.5 Å². The van der Waals surface area contributed by atoms with Crippen LogP contribution in [-0.2, 0) is 23.5 Å². The summed E-state index contributed by atoms with van der Waals surface area (Å²) in [5, 5.41) is 4.42. The number of benzene rings is 1. The van der Waals surface area contributed by atoms with Crippen LogP contribution in [0.25, 0.3) is 0 Å². The van der Waals surface area contributed by atoms with Gasteiger partial charge in [-0.15, -0.1) is 0 Å². The molecule has 0 unspecified atom stereocenters. The number of hydrogen-bond donors (Lipinski definition) is 0. The number of aryl methyl sites for hydroxylation is 1. The van der Waals surface area contributed by atoms with Crippen LogP contribution in [0.2, 0.25) is 0 Å². The lowest BCUT2D eigenvalue weighted by atomic mass is 10.1. The lowest BCUT2D eigenvalue weighted by Gasteiger charge is -2.31. The Bertz CT molecular complexity index is 1130. The van der Waals surface area contributed by atoms with Crippen molar-refractivity contribution >= 4 is 10.0 Å². The fourth-order valence-electron chi connectivity index (χ4n) is 3.79. The van der Waals surface area contributed by atoms with Crippen LogP contribution in [0.3, 0.4) is 0 Å². The highest BCUT2D eigenvalue weighted by molar-refractivity contribution is 7.89. The molecular weight excluding hydrogens is 390 g/mol. The second-order valence-corrected chi connectivity index (χ2v) is 9.12. The van der Waals surface area contributed by atoms with Crippen LogP contribution < -0.4 is 5.69 Å². The minimum absolute atomic E-state index is 0.0738. The molecule has 2 aromatic heterocycles. The summed E-state index contributed by atoms with van der Waals surface area (Å²) >= 11 is 0. The molecule has 29 heavy (non-hydrogen) atoms. The number of piperidine rings is 1. The van der Waals surface area contributed by atoms with Crippen LogP contribution in [0.4, 0.5) is 0 Å². The zero-order valence-corrected chi connectivity index (χ0v) is 17.0. The zero-order chi connectivity index (χ0) is 20.4. The third-order valence-corrected chi connectivity index (χ3v) is 7.17. The van der Waals surface area contributed by atoms with Crippen molar-refractivity contribution in [1.82, 2.24) is 23.6 Å². The molecule has 0 amide bonds. The number of aromatic nitrogens is 4. The van der Waals surface area contributed by atoms with Crippen molar-refractivity contribution in [3.63, 3.8) is 0 Å². The molecule has 1 fully saturated rings. The first kappa shape index (κ1) is 19.5. The summed E-state index contributed by atoms with van der Waals surface area (Å²) in [4.78, 5) is 16.8. The number of rotatable bonds is 5. The van der Waals surface area contributed by atoms with Gasteiger partial charge in [-0.2, -0.15) is 9.40 Å². The first-order chi connectivity index (χ1) is 14.0. The highest BCUT2D eigenvalue weighted by Crippen LogP contribution is 2.27. The van der Waals surface area contributed by atoms with Crippen LogP contribution in [-0.4, -0.2) is 45.1 Å². The fourth-order valence-corrected chi connectivity index (χ4v) is 5.22. The Balaban J connectivity index is 1.54. The maximum Gasteiger partial charge on any atom is 0.345 e. The maximum atomic E-state index is 12.8. The predicted molar refractivity (Wildman–Crippen MR) is 108 cm³/mol. The number of nitrogens with zero attached hydrogens (tertiary/aromatic N) is 5. The van der Waals surface area contributed by atoms with Gasteiger partial charge in [0, 0.05) is 45.0 Å². The SMILES string of the molecule is Cn1nc(Cc2ccccc2)n(C2CCN(S(=O)(=O)c3cccnc3)CC2)c1=O. The number of sulfonamides is 1. The quantitative estimate of drug-likeness (QED) is 0.634. The van der Waals surface area contributed by atoms with Crippen molar-refractivity contribution in [3.8, 4) is 0 Å². The summed E-state index contributed by atoms with van der Waals surface area (Å²) in [6.07, 6.45) is 4.60. The number of hydrogen-bond acceptors (Lipinski definition) is 5. The Morgan fingerprint density at radius 3 is 2.45 bits per heavy atom. The molecule has 1 aromatic carbocycles. The van der Waals surface area contributed by atoms with Gasteiger partial charge in [-0.1, -0.05) is 30.3 Å². The summed E-state index contributed by atoms with van der Waals surface area (Å²) in [6, 6.07) is 13.0. The molecule has 1 saturated heterocycles. The average Bonchev–Trinajstić information content (AvgIpc) is 3.02. The minimum atomic E-state index is -3.57. The summed E-state index contributed by atoms with van der Waals surface area (Å²) in [6.45, 7) is 0.710. The van der Waals surface area contributed by atoms with E-state index in [-0.39, 0.29) is 16.6 Å². The molecule has 1 aliphatic heterocycles. The van der Waals surface area contributed by atoms with E-state index in [0.29, 0.717) is 38.2 Å². The van der Waals surface area contributed by atoms with Crippen LogP contribution >= 0.6 is 0 Å². The second kappa shape index (κ2) is 7.92. The van der Waals surface area contributed by atoms with Gasteiger partial charge in [0.25, 0.3) is 0 Å². The third kappa shape index (κ3) is 3.88. The molecule has 9 heteroatoms. The predicted octanol–water partition coefficient (Wildman–Crippen LogP) is 1.59. The van der Waals surface area contributed by atoms with E-state index in [4.69, 9.17) is 0 Å². The van der Waals surface area contributed by atoms with Gasteiger partial charge in [-0.25, -0.2) is 17.9 Å². The molecule has 152 valence electrons. The summed E-state index contributed by atoms with van der Waals surface area (Å²) < 4.78 is 30.2. The highest BCUT2D eigenvalue weighted by Gasteiger charge is 2.32. The molecule has 0 aliphatic carbocycles. The summed E-state index contributed by atoms with van der Waals surface area (Å²) in [5.74, 6) is 0.706. The summed E-state index contributed by atoms with van der Waals surface area (Å²) in [5.41, 5.74) is 0.917. The van der Waals surface area contributed by atoms with Gasteiger partial charge in [0.2, 0.25) is 10.0 Å². The van der Waals surface area contributed by atoms with Gasteiger partial charge >= 0.3 is 5.69 Å². The van der Waals surface area contributed by atoms with E-state index in [2.05, 4.69) is 10.1 Å². The molecule has 0 radical (unpaired) electrons. The highest BCUT2D eigenvalue weighted by atomic mass is 32.2. The van der Waals surface area contributed by atoms with Gasteiger partial charge in [0.05, 0.1) is 0 Å². The van der Waals surface area contributed by atoms with Gasteiger partial charge in [0.1, 0.15) is 10.7 Å². The molecule has 0 atom stereocenters. The lowest BCUT2D eigenvalue weighted by Crippen LogP contribution is -2.41. The molecule has 0 N–H and O–H groups in total. The molecule has 1 aliphatic rings. The lowest BCUT2D eigenvalue weighted by molar-refractivity contribution is 0.266. The topological polar surface area (TPSA) is 90.1 Å². The first-order valence-corrected chi connectivity index (χ1v) is 11.0. The van der Waals surface area contributed by atoms with Gasteiger partial charge in [-0.3, -0.25) is 9.55 Å². The van der Waals surface area contributed by atoms with Crippen molar-refractivity contribution in [2.45, 2.75) is 30.2 Å². The van der Waals surface area contributed by atoms with E-state index in [9.17, 15) is 13.2 Å². The van der Waals surface area contributed by atoms with Gasteiger partial charge in [0.15, 0.2) is 0 Å². The van der Waals surface area contributed by atoms with Crippen molar-refractivity contribution < 1.29 is 8.42 Å². The Morgan fingerprint density at radius 2 is 1.79 bits per heavy atom. The monoisotopic (exact) mass is 413 g/mol. The molecule has 0 bridgehead atoms. The Kier molecular flexibility index (Phi) is 5.33. The number of pyridine rings is 1. The third-order valence-electron chi connectivity index (χ3n) is 5.29. The van der Waals surface area contributed by atoms with E-state index >= 15 is 0 Å². The van der Waals surface area contributed by atoms with Crippen LogP contribution in [0.15, 0.2) is 64.5 Å². The van der Waals surface area contributed by atoms with E-state index in [1.807, 2.05) is 30.3 Å². The van der Waals surface area contributed by atoms with E-state index in [0.717, 1.165) is 5.56 Å². The van der Waals surface area contributed by atoms with E-state index in [1.165, 1.54) is 15.2 Å². The van der Waals surface area contributed by atoms with Crippen molar-refractivity contribution in [2.24, 2.45) is 7.05 Å². The normalized spacial score (nSPS) is 16.2. The molecular formula is C20H23N5O3S. The van der Waals surface area contributed by atoms with Crippen LogP contribution in [0.1, 0.15) is 30.3 Å². The molecule has 0 saturated carbocycles. The van der Waals surface area contributed by atoms with Crippen molar-refractivity contribution in [2.75, 3.05) is 13.1 Å².